The standard InChI is InChI=1S/C19H21ClF6N4O2/c20-12-5-6-13(28-16(12)19(24,25)26)15(10-1-3-11(4-2-10)18(21,22)23)29-17(32)30-8-7-27-14(31)9-30/h5-6,10-11,15H,1-4,7-9H2,(H,27,31)(H,29,32). The Morgan fingerprint density at radius 1 is 1.16 bits per heavy atom. The van der Waals surface area contributed by atoms with Crippen LogP contribution in [0.5, 0.6) is 0 Å². The van der Waals surface area contributed by atoms with Crippen LogP contribution in [0.2, 0.25) is 5.02 Å². The van der Waals surface area contributed by atoms with E-state index in [2.05, 4.69) is 15.6 Å². The van der Waals surface area contributed by atoms with Crippen molar-refractivity contribution in [2.24, 2.45) is 11.8 Å². The number of pyridine rings is 1. The highest BCUT2D eigenvalue weighted by Crippen LogP contribution is 2.43. The lowest BCUT2D eigenvalue weighted by molar-refractivity contribution is -0.184. The summed E-state index contributed by atoms with van der Waals surface area (Å²) < 4.78 is 79.0. The van der Waals surface area contributed by atoms with Crippen LogP contribution in [0.15, 0.2) is 12.1 Å². The minimum atomic E-state index is -4.85. The SMILES string of the molecule is O=C1CN(C(=O)NC(c2ccc(Cl)c(C(F)(F)F)n2)C2CCC(C(F)(F)F)CC2)CCN1. The molecule has 1 atom stereocenters. The van der Waals surface area contributed by atoms with E-state index in [1.807, 2.05) is 0 Å². The molecule has 6 nitrogen and oxygen atoms in total. The topological polar surface area (TPSA) is 74.3 Å². The molecule has 2 heterocycles. The molecule has 1 saturated heterocycles. The summed E-state index contributed by atoms with van der Waals surface area (Å²) in [6.45, 7) is 0.166. The van der Waals surface area contributed by atoms with Gasteiger partial charge >= 0.3 is 18.4 Å². The van der Waals surface area contributed by atoms with Gasteiger partial charge in [0, 0.05) is 13.1 Å². The molecule has 2 N–H and O–H groups in total. The maximum atomic E-state index is 13.3. The third-order valence-electron chi connectivity index (χ3n) is 5.77. The van der Waals surface area contributed by atoms with E-state index in [4.69, 9.17) is 11.6 Å². The summed E-state index contributed by atoms with van der Waals surface area (Å²) in [5, 5.41) is 4.52. The van der Waals surface area contributed by atoms with E-state index in [0.717, 1.165) is 6.07 Å². The average Bonchev–Trinajstić information content (AvgIpc) is 2.71. The second-order valence-electron chi connectivity index (χ2n) is 7.92. The monoisotopic (exact) mass is 486 g/mol. The van der Waals surface area contributed by atoms with Gasteiger partial charge in [-0.3, -0.25) is 4.79 Å². The first-order valence-electron chi connectivity index (χ1n) is 9.98. The molecular weight excluding hydrogens is 466 g/mol. The van der Waals surface area contributed by atoms with Crippen molar-refractivity contribution in [3.8, 4) is 0 Å². The van der Waals surface area contributed by atoms with Crippen molar-refractivity contribution in [3.63, 3.8) is 0 Å². The predicted molar refractivity (Wildman–Crippen MR) is 102 cm³/mol. The molecule has 1 aliphatic carbocycles. The molecule has 0 radical (unpaired) electrons. The van der Waals surface area contributed by atoms with Crippen molar-refractivity contribution in [3.05, 3.63) is 28.5 Å². The van der Waals surface area contributed by atoms with E-state index in [1.165, 1.54) is 11.0 Å². The average molecular weight is 487 g/mol. The Hall–Kier alpha value is -2.24. The Morgan fingerprint density at radius 3 is 2.38 bits per heavy atom. The minimum Gasteiger partial charge on any atom is -0.353 e. The molecule has 2 fully saturated rings. The Kier molecular flexibility index (Phi) is 7.11. The summed E-state index contributed by atoms with van der Waals surface area (Å²) in [4.78, 5) is 29.1. The van der Waals surface area contributed by atoms with Crippen LogP contribution < -0.4 is 10.6 Å². The highest BCUT2D eigenvalue weighted by atomic mass is 35.5. The van der Waals surface area contributed by atoms with Crippen molar-refractivity contribution in [1.82, 2.24) is 20.5 Å². The molecule has 32 heavy (non-hydrogen) atoms. The zero-order chi connectivity index (χ0) is 23.7. The van der Waals surface area contributed by atoms with E-state index in [0.29, 0.717) is 0 Å². The summed E-state index contributed by atoms with van der Waals surface area (Å²) >= 11 is 5.64. The molecule has 0 bridgehead atoms. The third kappa shape index (κ3) is 5.76. The van der Waals surface area contributed by atoms with E-state index in [1.54, 1.807) is 0 Å². The van der Waals surface area contributed by atoms with Crippen molar-refractivity contribution >= 4 is 23.5 Å². The first-order valence-corrected chi connectivity index (χ1v) is 10.4. The Labute approximate surface area is 184 Å². The summed E-state index contributed by atoms with van der Waals surface area (Å²) in [5.41, 5.74) is -1.48. The molecule has 1 unspecified atom stereocenters. The Bertz CT molecular complexity index is 855. The number of rotatable bonds is 3. The molecule has 1 aliphatic heterocycles. The van der Waals surface area contributed by atoms with Gasteiger partial charge in [0.15, 0.2) is 5.69 Å². The normalized spacial score (nSPS) is 23.5. The van der Waals surface area contributed by atoms with Crippen LogP contribution in [-0.4, -0.2) is 47.6 Å². The van der Waals surface area contributed by atoms with E-state index in [-0.39, 0.29) is 51.0 Å². The molecule has 178 valence electrons. The number of halogens is 7. The number of amides is 3. The fourth-order valence-electron chi connectivity index (χ4n) is 4.08. The van der Waals surface area contributed by atoms with Crippen molar-refractivity contribution in [2.45, 2.75) is 44.1 Å². The highest BCUT2D eigenvalue weighted by molar-refractivity contribution is 6.31. The largest absolute Gasteiger partial charge is 0.434 e. The molecule has 3 amide bonds. The van der Waals surface area contributed by atoms with Gasteiger partial charge in [-0.25, -0.2) is 9.78 Å². The van der Waals surface area contributed by atoms with Gasteiger partial charge in [0.1, 0.15) is 6.54 Å². The van der Waals surface area contributed by atoms with E-state index < -0.39 is 52.9 Å². The van der Waals surface area contributed by atoms with E-state index >= 15 is 0 Å². The van der Waals surface area contributed by atoms with Gasteiger partial charge in [0.05, 0.1) is 22.7 Å². The smallest absolute Gasteiger partial charge is 0.353 e. The van der Waals surface area contributed by atoms with Crippen molar-refractivity contribution in [2.75, 3.05) is 19.6 Å². The Balaban J connectivity index is 1.86. The molecule has 2 aliphatic rings. The maximum Gasteiger partial charge on any atom is 0.434 e. The number of alkyl halides is 6. The van der Waals surface area contributed by atoms with Crippen molar-refractivity contribution < 1.29 is 35.9 Å². The first-order chi connectivity index (χ1) is 14.9. The molecule has 1 aromatic heterocycles. The molecule has 0 spiro atoms. The summed E-state index contributed by atoms with van der Waals surface area (Å²) in [6, 6.07) is 0.455. The number of nitrogens with one attached hydrogen (secondary N) is 2. The lowest BCUT2D eigenvalue weighted by Gasteiger charge is -2.36. The number of urea groups is 1. The number of aromatic nitrogens is 1. The molecule has 1 saturated carbocycles. The quantitative estimate of drug-likeness (QED) is 0.625. The number of hydrogen-bond acceptors (Lipinski definition) is 3. The van der Waals surface area contributed by atoms with Crippen LogP contribution in [0.3, 0.4) is 0 Å². The van der Waals surface area contributed by atoms with Crippen LogP contribution in [0.1, 0.15) is 43.1 Å². The van der Waals surface area contributed by atoms with Crippen LogP contribution >= 0.6 is 11.6 Å². The second kappa shape index (κ2) is 9.32. The molecule has 1 aromatic rings. The fourth-order valence-corrected chi connectivity index (χ4v) is 4.29. The van der Waals surface area contributed by atoms with Gasteiger partial charge in [-0.15, -0.1) is 0 Å². The predicted octanol–water partition coefficient (Wildman–Crippen LogP) is 4.31. The molecular formula is C19H21ClF6N4O2. The van der Waals surface area contributed by atoms with Gasteiger partial charge in [0.2, 0.25) is 5.91 Å². The zero-order valence-electron chi connectivity index (χ0n) is 16.7. The van der Waals surface area contributed by atoms with Gasteiger partial charge in [-0.05, 0) is 43.7 Å². The number of carbonyl (C=O) groups is 2. The van der Waals surface area contributed by atoms with Gasteiger partial charge in [0.25, 0.3) is 0 Å². The Morgan fingerprint density at radius 2 is 1.81 bits per heavy atom. The molecule has 0 aromatic carbocycles. The molecule has 13 heteroatoms. The van der Waals surface area contributed by atoms with E-state index in [9.17, 15) is 35.9 Å². The summed E-state index contributed by atoms with van der Waals surface area (Å²) in [7, 11) is 0. The highest BCUT2D eigenvalue weighted by Gasteiger charge is 2.44. The maximum absolute atomic E-state index is 13.3. The number of carbonyl (C=O) groups excluding carboxylic acids is 2. The number of nitrogens with zero attached hydrogens (tertiary/aromatic N) is 2. The van der Waals surface area contributed by atoms with Crippen molar-refractivity contribution in [1.29, 1.82) is 0 Å². The molecule has 3 rings (SSSR count). The third-order valence-corrected chi connectivity index (χ3v) is 6.07. The van der Waals surface area contributed by atoms with Gasteiger partial charge < -0.3 is 15.5 Å². The van der Waals surface area contributed by atoms with Crippen LogP contribution in [-0.2, 0) is 11.0 Å². The van der Waals surface area contributed by atoms with Gasteiger partial charge in [-0.1, -0.05) is 11.6 Å². The summed E-state index contributed by atoms with van der Waals surface area (Å²) in [5.74, 6) is -2.45. The number of hydrogen-bond donors (Lipinski definition) is 2. The summed E-state index contributed by atoms with van der Waals surface area (Å²) in [6.07, 6.45) is -9.52. The fraction of sp³-hybridized carbons (Fsp3) is 0.632. The minimum absolute atomic E-state index is 0.0429. The van der Waals surface area contributed by atoms with Crippen LogP contribution in [0.25, 0.3) is 0 Å². The lowest BCUT2D eigenvalue weighted by atomic mass is 9.77. The van der Waals surface area contributed by atoms with Gasteiger partial charge in [-0.2, -0.15) is 26.3 Å². The van der Waals surface area contributed by atoms with Crippen LogP contribution in [0.4, 0.5) is 31.1 Å². The van der Waals surface area contributed by atoms with Crippen LogP contribution in [0, 0.1) is 11.8 Å². The zero-order valence-corrected chi connectivity index (χ0v) is 17.4. The number of piperazine rings is 1. The lowest BCUT2D eigenvalue weighted by Crippen LogP contribution is -2.54. The first kappa shape index (κ1) is 24.4. The second-order valence-corrected chi connectivity index (χ2v) is 8.32.